The van der Waals surface area contributed by atoms with Gasteiger partial charge in [-0.25, -0.2) is 0 Å². The Morgan fingerprint density at radius 1 is 0.880 bits per heavy atom. The Kier molecular flexibility index (Phi) is 9.29. The van der Waals surface area contributed by atoms with Gasteiger partial charge in [-0.15, -0.1) is 12.4 Å². The van der Waals surface area contributed by atoms with Crippen molar-refractivity contribution in [3.63, 3.8) is 0 Å². The number of rotatable bonds is 8. The summed E-state index contributed by atoms with van der Waals surface area (Å²) >= 11 is 0. The van der Waals surface area contributed by atoms with Crippen molar-refractivity contribution in [2.24, 2.45) is 5.73 Å². The van der Waals surface area contributed by atoms with Gasteiger partial charge in [0.15, 0.2) is 0 Å². The van der Waals surface area contributed by atoms with Gasteiger partial charge in [-0.3, -0.25) is 9.59 Å². The topological polar surface area (TPSA) is 84.2 Å². The third-order valence-corrected chi connectivity index (χ3v) is 3.64. The summed E-state index contributed by atoms with van der Waals surface area (Å²) in [4.78, 5) is 23.7. The number of halogens is 1. The molecule has 0 bridgehead atoms. The van der Waals surface area contributed by atoms with E-state index in [0.29, 0.717) is 13.0 Å². The molecule has 0 aliphatic heterocycles. The van der Waals surface area contributed by atoms with Gasteiger partial charge < -0.3 is 16.4 Å². The van der Waals surface area contributed by atoms with Gasteiger partial charge >= 0.3 is 0 Å². The first-order valence-corrected chi connectivity index (χ1v) is 8.03. The predicted octanol–water partition coefficient (Wildman–Crippen LogP) is 1.45. The number of nitrogens with two attached hydrogens (primary N) is 1. The first kappa shape index (κ1) is 20.7. The molecular weight excluding hydrogens is 338 g/mol. The zero-order chi connectivity index (χ0) is 17.2. The minimum Gasteiger partial charge on any atom is -0.354 e. The molecule has 2 rings (SSSR count). The fourth-order valence-electron chi connectivity index (χ4n) is 2.31. The third-order valence-electron chi connectivity index (χ3n) is 3.64. The lowest BCUT2D eigenvalue weighted by atomic mass is 10.1. The van der Waals surface area contributed by atoms with Gasteiger partial charge in [0.05, 0.1) is 12.6 Å². The van der Waals surface area contributed by atoms with Gasteiger partial charge in [-0.05, 0) is 24.0 Å². The van der Waals surface area contributed by atoms with Crippen LogP contribution in [0, 0.1) is 0 Å². The lowest BCUT2D eigenvalue weighted by Gasteiger charge is -2.12. The average molecular weight is 362 g/mol. The molecule has 4 N–H and O–H groups in total. The van der Waals surface area contributed by atoms with Crippen LogP contribution in [0.1, 0.15) is 11.1 Å². The van der Waals surface area contributed by atoms with Crippen LogP contribution in [-0.2, 0) is 22.4 Å². The van der Waals surface area contributed by atoms with E-state index in [-0.39, 0.29) is 30.8 Å². The van der Waals surface area contributed by atoms with Crippen molar-refractivity contribution in [1.29, 1.82) is 0 Å². The number of carbonyl (C=O) groups excluding carboxylic acids is 2. The molecule has 0 radical (unpaired) electrons. The quantitative estimate of drug-likeness (QED) is 0.665. The van der Waals surface area contributed by atoms with Gasteiger partial charge in [-0.1, -0.05) is 60.7 Å². The van der Waals surface area contributed by atoms with Crippen molar-refractivity contribution in [3.8, 4) is 0 Å². The number of amides is 2. The Labute approximate surface area is 154 Å². The Morgan fingerprint density at radius 2 is 1.44 bits per heavy atom. The molecule has 0 fully saturated rings. The number of benzene rings is 2. The molecule has 2 aromatic rings. The van der Waals surface area contributed by atoms with E-state index in [1.54, 1.807) is 0 Å². The molecule has 25 heavy (non-hydrogen) atoms. The third kappa shape index (κ3) is 7.83. The van der Waals surface area contributed by atoms with E-state index in [0.717, 1.165) is 17.5 Å². The molecule has 0 aliphatic carbocycles. The van der Waals surface area contributed by atoms with E-state index < -0.39 is 6.04 Å². The average Bonchev–Trinajstić information content (AvgIpc) is 2.61. The summed E-state index contributed by atoms with van der Waals surface area (Å²) < 4.78 is 0. The molecule has 2 aromatic carbocycles. The van der Waals surface area contributed by atoms with Crippen LogP contribution in [0.25, 0.3) is 0 Å². The van der Waals surface area contributed by atoms with Crippen LogP contribution in [0.2, 0.25) is 0 Å². The highest BCUT2D eigenvalue weighted by Crippen LogP contribution is 2.01. The minimum atomic E-state index is -0.662. The van der Waals surface area contributed by atoms with Gasteiger partial charge in [0.1, 0.15) is 0 Å². The summed E-state index contributed by atoms with van der Waals surface area (Å²) in [5.74, 6) is -0.539. The van der Waals surface area contributed by atoms with Gasteiger partial charge in [0.25, 0.3) is 0 Å². The van der Waals surface area contributed by atoms with Crippen molar-refractivity contribution in [3.05, 3.63) is 71.8 Å². The van der Waals surface area contributed by atoms with Crippen LogP contribution in [0.3, 0.4) is 0 Å². The largest absolute Gasteiger partial charge is 0.354 e. The van der Waals surface area contributed by atoms with Crippen LogP contribution in [0.5, 0.6) is 0 Å². The van der Waals surface area contributed by atoms with E-state index in [4.69, 9.17) is 5.73 Å². The Balaban J connectivity index is 0.00000312. The van der Waals surface area contributed by atoms with E-state index >= 15 is 0 Å². The summed E-state index contributed by atoms with van der Waals surface area (Å²) in [5.41, 5.74) is 8.02. The van der Waals surface area contributed by atoms with Crippen molar-refractivity contribution >= 4 is 24.2 Å². The van der Waals surface area contributed by atoms with Gasteiger partial charge in [0, 0.05) is 6.54 Å². The highest BCUT2D eigenvalue weighted by molar-refractivity contribution is 5.87. The number of carbonyl (C=O) groups is 2. The molecule has 0 aromatic heterocycles. The lowest BCUT2D eigenvalue weighted by molar-refractivity contribution is -0.126. The van der Waals surface area contributed by atoms with Crippen molar-refractivity contribution in [2.75, 3.05) is 13.1 Å². The van der Waals surface area contributed by atoms with Crippen LogP contribution in [-0.4, -0.2) is 30.9 Å². The van der Waals surface area contributed by atoms with Crippen molar-refractivity contribution in [2.45, 2.75) is 18.9 Å². The summed E-state index contributed by atoms with van der Waals surface area (Å²) in [6, 6.07) is 18.8. The number of hydrogen-bond donors (Lipinski definition) is 3. The Bertz CT molecular complexity index is 650. The molecule has 0 unspecified atom stereocenters. The number of nitrogens with one attached hydrogen (secondary N) is 2. The van der Waals surface area contributed by atoms with Crippen LogP contribution in [0.4, 0.5) is 0 Å². The molecule has 2 amide bonds. The van der Waals surface area contributed by atoms with E-state index in [2.05, 4.69) is 10.6 Å². The second-order valence-electron chi connectivity index (χ2n) is 5.60. The highest BCUT2D eigenvalue weighted by Gasteiger charge is 2.14. The molecule has 134 valence electrons. The van der Waals surface area contributed by atoms with Gasteiger partial charge in [0.2, 0.25) is 11.8 Å². The Hall–Kier alpha value is -2.37. The fraction of sp³-hybridized carbons (Fsp3) is 0.263. The Morgan fingerprint density at radius 3 is 2.04 bits per heavy atom. The molecule has 0 saturated carbocycles. The maximum Gasteiger partial charge on any atom is 0.239 e. The molecule has 5 nitrogen and oxygen atoms in total. The zero-order valence-corrected chi connectivity index (χ0v) is 14.8. The smallest absolute Gasteiger partial charge is 0.239 e. The first-order chi connectivity index (χ1) is 11.6. The molecule has 6 heteroatoms. The molecule has 0 saturated heterocycles. The number of hydrogen-bond acceptors (Lipinski definition) is 3. The van der Waals surface area contributed by atoms with Crippen LogP contribution < -0.4 is 16.4 Å². The maximum absolute atomic E-state index is 11.9. The lowest BCUT2D eigenvalue weighted by Crippen LogP contribution is -2.46. The molecule has 0 aliphatic rings. The molecule has 1 atom stereocenters. The molecule has 0 spiro atoms. The predicted molar refractivity (Wildman–Crippen MR) is 102 cm³/mol. The van der Waals surface area contributed by atoms with Crippen LogP contribution in [0.15, 0.2) is 60.7 Å². The van der Waals surface area contributed by atoms with E-state index in [1.165, 1.54) is 0 Å². The van der Waals surface area contributed by atoms with Crippen LogP contribution >= 0.6 is 12.4 Å². The summed E-state index contributed by atoms with van der Waals surface area (Å²) in [5, 5.41) is 5.36. The van der Waals surface area contributed by atoms with Gasteiger partial charge in [-0.2, -0.15) is 0 Å². The highest BCUT2D eigenvalue weighted by atomic mass is 35.5. The summed E-state index contributed by atoms with van der Waals surface area (Å²) in [6.07, 6.45) is 1.20. The van der Waals surface area contributed by atoms with Crippen molar-refractivity contribution < 1.29 is 9.59 Å². The van der Waals surface area contributed by atoms with E-state index in [9.17, 15) is 9.59 Å². The second kappa shape index (κ2) is 11.2. The van der Waals surface area contributed by atoms with E-state index in [1.807, 2.05) is 60.7 Å². The van der Waals surface area contributed by atoms with Crippen molar-refractivity contribution in [1.82, 2.24) is 10.6 Å². The molecule has 0 heterocycles. The molecular formula is C19H24ClN3O2. The second-order valence-corrected chi connectivity index (χ2v) is 5.60. The standard InChI is InChI=1S/C19H23N3O2.ClH/c20-17(13-16-9-5-2-6-10-16)19(24)22-14-18(23)21-12-11-15-7-3-1-4-8-15;/h1-10,17H,11-14,20H2,(H,21,23)(H,22,24);1H/t17-;/m0./s1. The monoisotopic (exact) mass is 361 g/mol. The SMILES string of the molecule is Cl.N[C@@H](Cc1ccccc1)C(=O)NCC(=O)NCCc1ccccc1. The first-order valence-electron chi connectivity index (χ1n) is 8.03. The zero-order valence-electron chi connectivity index (χ0n) is 14.0. The maximum atomic E-state index is 11.9. The minimum absolute atomic E-state index is 0. The normalized spacial score (nSPS) is 11.1. The summed E-state index contributed by atoms with van der Waals surface area (Å²) in [6.45, 7) is 0.477. The fourth-order valence-corrected chi connectivity index (χ4v) is 2.31. The summed E-state index contributed by atoms with van der Waals surface area (Å²) in [7, 11) is 0.